The smallest absolute Gasteiger partial charge is 0.184 e. The summed E-state index contributed by atoms with van der Waals surface area (Å²) < 4.78 is 7.63. The van der Waals surface area contributed by atoms with Gasteiger partial charge in [-0.2, -0.15) is 9.78 Å². The van der Waals surface area contributed by atoms with Crippen LogP contribution in [0.2, 0.25) is 0 Å². The van der Waals surface area contributed by atoms with E-state index < -0.39 is 0 Å². The molecule has 0 spiro atoms. The van der Waals surface area contributed by atoms with E-state index in [0.29, 0.717) is 12.4 Å². The van der Waals surface area contributed by atoms with Gasteiger partial charge < -0.3 is 4.74 Å². The topological polar surface area (TPSA) is 52.3 Å². The van der Waals surface area contributed by atoms with Crippen LogP contribution < -0.4 is 4.74 Å². The Balaban J connectivity index is 1.55. The zero-order valence-corrected chi connectivity index (χ0v) is 14.6. The van der Waals surface area contributed by atoms with Crippen LogP contribution in [0.15, 0.2) is 96.4 Å². The molecule has 4 aromatic rings. The number of ether oxygens (including phenoxy) is 1. The van der Waals surface area contributed by atoms with Crippen molar-refractivity contribution in [2.24, 2.45) is 5.10 Å². The van der Waals surface area contributed by atoms with Crippen molar-refractivity contribution >= 4 is 6.21 Å². The fourth-order valence-corrected chi connectivity index (χ4v) is 2.67. The molecule has 0 aliphatic heterocycles. The molecule has 1 heterocycles. The molecule has 0 fully saturated rings. The Labute approximate surface area is 157 Å². The van der Waals surface area contributed by atoms with Crippen molar-refractivity contribution in [3.63, 3.8) is 0 Å². The minimum absolute atomic E-state index is 0.508. The maximum absolute atomic E-state index is 5.98. The Hall–Kier alpha value is -3.73. The molecular weight excluding hydrogens is 336 g/mol. The largest absolute Gasteiger partial charge is 0.488 e. The van der Waals surface area contributed by atoms with Crippen LogP contribution in [0.3, 0.4) is 0 Å². The van der Waals surface area contributed by atoms with E-state index in [1.165, 1.54) is 0 Å². The Kier molecular flexibility index (Phi) is 5.02. The summed E-state index contributed by atoms with van der Waals surface area (Å²) in [7, 11) is 0. The molecule has 27 heavy (non-hydrogen) atoms. The Bertz CT molecular complexity index is 1030. The van der Waals surface area contributed by atoms with Gasteiger partial charge in [0.2, 0.25) is 0 Å². The van der Waals surface area contributed by atoms with Crippen LogP contribution in [-0.2, 0) is 6.61 Å². The van der Waals surface area contributed by atoms with Crippen molar-refractivity contribution in [3.05, 3.63) is 102 Å². The first-order chi connectivity index (χ1) is 13.4. The lowest BCUT2D eigenvalue weighted by Crippen LogP contribution is -1.99. The van der Waals surface area contributed by atoms with Crippen LogP contribution in [0.25, 0.3) is 11.4 Å². The van der Waals surface area contributed by atoms with E-state index >= 15 is 0 Å². The third kappa shape index (κ3) is 4.10. The summed E-state index contributed by atoms with van der Waals surface area (Å²) in [5.41, 5.74) is 2.97. The molecule has 0 radical (unpaired) electrons. The summed E-state index contributed by atoms with van der Waals surface area (Å²) in [5.74, 6) is 1.47. The number of benzene rings is 3. The highest BCUT2D eigenvalue weighted by Crippen LogP contribution is 2.19. The molecule has 5 heteroatoms. The van der Waals surface area contributed by atoms with Crippen LogP contribution in [0, 0.1) is 0 Å². The normalized spacial score (nSPS) is 11.0. The van der Waals surface area contributed by atoms with E-state index in [4.69, 9.17) is 4.74 Å². The Morgan fingerprint density at radius 2 is 1.56 bits per heavy atom. The number of para-hydroxylation sites is 1. The minimum atomic E-state index is 0.508. The quantitative estimate of drug-likeness (QED) is 0.482. The number of aromatic nitrogens is 3. The van der Waals surface area contributed by atoms with E-state index in [-0.39, 0.29) is 0 Å². The fourth-order valence-electron chi connectivity index (χ4n) is 2.67. The van der Waals surface area contributed by atoms with E-state index in [1.54, 1.807) is 17.2 Å². The summed E-state index contributed by atoms with van der Waals surface area (Å²) in [6.07, 6.45) is 3.35. The maximum Gasteiger partial charge on any atom is 0.184 e. The molecule has 132 valence electrons. The van der Waals surface area contributed by atoms with E-state index in [0.717, 1.165) is 22.4 Å². The van der Waals surface area contributed by atoms with Gasteiger partial charge in [0.15, 0.2) is 5.82 Å². The Morgan fingerprint density at radius 1 is 0.852 bits per heavy atom. The summed E-state index contributed by atoms with van der Waals surface area (Å²) >= 11 is 0. The summed E-state index contributed by atoms with van der Waals surface area (Å²) in [6.45, 7) is 0.508. The van der Waals surface area contributed by atoms with Crippen LogP contribution in [0.5, 0.6) is 5.75 Å². The lowest BCUT2D eigenvalue weighted by molar-refractivity contribution is 0.306. The van der Waals surface area contributed by atoms with Crippen LogP contribution in [-0.4, -0.2) is 21.1 Å². The molecule has 0 aliphatic rings. The molecule has 0 N–H and O–H groups in total. The molecule has 0 unspecified atom stereocenters. The summed E-state index contributed by atoms with van der Waals surface area (Å²) in [4.78, 5) is 0. The van der Waals surface area contributed by atoms with Crippen molar-refractivity contribution in [1.29, 1.82) is 0 Å². The number of nitrogens with zero attached hydrogens (tertiary/aromatic N) is 4. The van der Waals surface area contributed by atoms with Gasteiger partial charge in [0.1, 0.15) is 18.7 Å². The number of rotatable bonds is 6. The summed E-state index contributed by atoms with van der Waals surface area (Å²) in [6, 6.07) is 27.8. The van der Waals surface area contributed by atoms with Gasteiger partial charge in [0.25, 0.3) is 0 Å². The standard InChI is InChI=1S/C22H18N4O/c1-3-9-18(10-4-1)16-27-21-14-8-7-13-20(21)15-24-26-17-23-25-22(26)19-11-5-2-6-12-19/h1-15,17H,16H2/b24-15+. The van der Waals surface area contributed by atoms with Crippen molar-refractivity contribution in [2.75, 3.05) is 0 Å². The van der Waals surface area contributed by atoms with Crippen LogP contribution in [0.4, 0.5) is 0 Å². The highest BCUT2D eigenvalue weighted by atomic mass is 16.5. The highest BCUT2D eigenvalue weighted by molar-refractivity contribution is 5.83. The number of hydrogen-bond acceptors (Lipinski definition) is 4. The van der Waals surface area contributed by atoms with Gasteiger partial charge in [-0.05, 0) is 17.7 Å². The molecule has 0 atom stereocenters. The highest BCUT2D eigenvalue weighted by Gasteiger charge is 2.06. The van der Waals surface area contributed by atoms with E-state index in [9.17, 15) is 0 Å². The maximum atomic E-state index is 5.98. The predicted molar refractivity (Wildman–Crippen MR) is 106 cm³/mol. The summed E-state index contributed by atoms with van der Waals surface area (Å²) in [5, 5.41) is 12.7. The molecular formula is C22H18N4O. The third-order valence-corrected chi connectivity index (χ3v) is 4.04. The van der Waals surface area contributed by atoms with Gasteiger partial charge in [-0.15, -0.1) is 10.2 Å². The molecule has 0 amide bonds. The van der Waals surface area contributed by atoms with Gasteiger partial charge in [-0.1, -0.05) is 72.8 Å². The minimum Gasteiger partial charge on any atom is -0.488 e. The predicted octanol–water partition coefficient (Wildman–Crippen LogP) is 4.41. The van der Waals surface area contributed by atoms with Crippen molar-refractivity contribution in [3.8, 4) is 17.1 Å². The molecule has 1 aromatic heterocycles. The molecule has 0 saturated carbocycles. The van der Waals surface area contributed by atoms with Gasteiger partial charge in [0, 0.05) is 11.1 Å². The fraction of sp³-hybridized carbons (Fsp3) is 0.0455. The third-order valence-electron chi connectivity index (χ3n) is 4.04. The average molecular weight is 354 g/mol. The first-order valence-corrected chi connectivity index (χ1v) is 8.66. The van der Waals surface area contributed by atoms with Crippen molar-refractivity contribution in [2.45, 2.75) is 6.61 Å². The van der Waals surface area contributed by atoms with Crippen LogP contribution in [0.1, 0.15) is 11.1 Å². The lowest BCUT2D eigenvalue weighted by atomic mass is 10.2. The lowest BCUT2D eigenvalue weighted by Gasteiger charge is -2.09. The van der Waals surface area contributed by atoms with E-state index in [2.05, 4.69) is 15.3 Å². The average Bonchev–Trinajstić information content (AvgIpc) is 3.21. The molecule has 0 saturated heterocycles. The zero-order valence-electron chi connectivity index (χ0n) is 14.6. The monoisotopic (exact) mass is 354 g/mol. The van der Waals surface area contributed by atoms with Crippen LogP contribution >= 0.6 is 0 Å². The van der Waals surface area contributed by atoms with Crippen molar-refractivity contribution < 1.29 is 4.74 Å². The molecule has 0 aliphatic carbocycles. The second-order valence-electron chi connectivity index (χ2n) is 5.92. The SMILES string of the molecule is C(=N\n1cnnc1-c1ccccc1)/c1ccccc1OCc1ccccc1. The molecule has 5 nitrogen and oxygen atoms in total. The number of hydrogen-bond donors (Lipinski definition) is 0. The van der Waals surface area contributed by atoms with E-state index in [1.807, 2.05) is 84.9 Å². The molecule has 0 bridgehead atoms. The van der Waals surface area contributed by atoms with Gasteiger partial charge in [-0.3, -0.25) is 0 Å². The van der Waals surface area contributed by atoms with Gasteiger partial charge in [0.05, 0.1) is 6.21 Å². The second-order valence-corrected chi connectivity index (χ2v) is 5.92. The van der Waals surface area contributed by atoms with Gasteiger partial charge >= 0.3 is 0 Å². The first-order valence-electron chi connectivity index (χ1n) is 8.66. The zero-order chi connectivity index (χ0) is 18.3. The molecule has 3 aromatic carbocycles. The molecule has 4 rings (SSSR count). The second kappa shape index (κ2) is 8.10. The Morgan fingerprint density at radius 3 is 2.37 bits per heavy atom. The van der Waals surface area contributed by atoms with Gasteiger partial charge in [-0.25, -0.2) is 0 Å². The first kappa shape index (κ1) is 16.7. The van der Waals surface area contributed by atoms with Crippen molar-refractivity contribution in [1.82, 2.24) is 14.9 Å².